The zero-order chi connectivity index (χ0) is 12.3. The molecule has 1 unspecified atom stereocenters. The maximum atomic E-state index is 6.14. The van der Waals surface area contributed by atoms with Crippen LogP contribution in [0, 0.1) is 0 Å². The van der Waals surface area contributed by atoms with Gasteiger partial charge in [-0.15, -0.1) is 0 Å². The highest BCUT2D eigenvalue weighted by Gasteiger charge is 2.16. The van der Waals surface area contributed by atoms with Gasteiger partial charge < -0.3 is 11.1 Å². The number of aromatic nitrogens is 2. The van der Waals surface area contributed by atoms with E-state index in [1.165, 1.54) is 6.42 Å². The van der Waals surface area contributed by atoms with Gasteiger partial charge in [0.25, 0.3) is 0 Å². The minimum absolute atomic E-state index is 0.493. The third-order valence-corrected chi connectivity index (χ3v) is 3.26. The van der Waals surface area contributed by atoms with Gasteiger partial charge in [0.1, 0.15) is 5.82 Å². The monoisotopic (exact) mass is 234 g/mol. The summed E-state index contributed by atoms with van der Waals surface area (Å²) in [4.78, 5) is 0. The van der Waals surface area contributed by atoms with Crippen LogP contribution in [0.4, 0.5) is 11.5 Å². The molecular weight excluding hydrogens is 212 g/mol. The zero-order valence-electron chi connectivity index (χ0n) is 10.7. The minimum Gasteiger partial charge on any atom is -0.394 e. The first-order chi connectivity index (χ1) is 8.22. The highest BCUT2D eigenvalue weighted by molar-refractivity contribution is 5.65. The smallest absolute Gasteiger partial charge is 0.148 e. The molecule has 0 spiro atoms. The van der Waals surface area contributed by atoms with Gasteiger partial charge in [-0.2, -0.15) is 5.10 Å². The van der Waals surface area contributed by atoms with Crippen LogP contribution in [-0.2, 0) is 13.5 Å². The van der Waals surface area contributed by atoms with E-state index in [4.69, 9.17) is 5.73 Å². The first-order valence-corrected chi connectivity index (χ1v) is 6.45. The van der Waals surface area contributed by atoms with Crippen molar-refractivity contribution in [1.29, 1.82) is 0 Å². The summed E-state index contributed by atoms with van der Waals surface area (Å²) in [6.45, 7) is 2.15. The van der Waals surface area contributed by atoms with E-state index in [-0.39, 0.29) is 0 Å². The van der Waals surface area contributed by atoms with Gasteiger partial charge in [0.2, 0.25) is 0 Å². The van der Waals surface area contributed by atoms with Gasteiger partial charge in [0, 0.05) is 13.1 Å². The van der Waals surface area contributed by atoms with Gasteiger partial charge in [0.05, 0.1) is 11.4 Å². The Morgan fingerprint density at radius 2 is 2.35 bits per heavy atom. The van der Waals surface area contributed by atoms with Gasteiger partial charge in [0.15, 0.2) is 0 Å². The highest BCUT2D eigenvalue weighted by Crippen LogP contribution is 2.26. The second kappa shape index (κ2) is 5.25. The second-order valence-corrected chi connectivity index (χ2v) is 4.71. The maximum Gasteiger partial charge on any atom is 0.148 e. The quantitative estimate of drug-likeness (QED) is 0.787. The Morgan fingerprint density at radius 3 is 3.00 bits per heavy atom. The van der Waals surface area contributed by atoms with E-state index in [9.17, 15) is 0 Å². The van der Waals surface area contributed by atoms with Crippen LogP contribution in [0.15, 0.2) is 12.2 Å². The minimum atomic E-state index is 0.493. The molecule has 1 heterocycles. The molecule has 0 fully saturated rings. The lowest BCUT2D eigenvalue weighted by atomic mass is 10.0. The molecule has 0 saturated heterocycles. The number of hydrogen-bond acceptors (Lipinski definition) is 3. The van der Waals surface area contributed by atoms with Crippen LogP contribution in [0.5, 0.6) is 0 Å². The lowest BCUT2D eigenvalue weighted by Crippen LogP contribution is -2.22. The number of rotatable bonds is 4. The average Bonchev–Trinajstić information content (AvgIpc) is 2.59. The third-order valence-electron chi connectivity index (χ3n) is 3.26. The molecular formula is C13H22N4. The van der Waals surface area contributed by atoms with E-state index < -0.39 is 0 Å². The number of nitrogens with one attached hydrogen (secondary N) is 1. The Morgan fingerprint density at radius 1 is 1.53 bits per heavy atom. The molecule has 4 heteroatoms. The van der Waals surface area contributed by atoms with Crippen LogP contribution in [0.2, 0.25) is 0 Å². The maximum absolute atomic E-state index is 6.14. The molecule has 3 N–H and O–H groups in total. The average molecular weight is 234 g/mol. The van der Waals surface area contributed by atoms with Crippen molar-refractivity contribution in [3.05, 3.63) is 17.8 Å². The Labute approximate surface area is 103 Å². The Balaban J connectivity index is 2.11. The number of nitrogens with two attached hydrogens (primary N) is 1. The number of allylic oxidation sites excluding steroid dienone is 1. The summed E-state index contributed by atoms with van der Waals surface area (Å²) in [6.07, 6.45) is 9.90. The number of nitrogens with zero attached hydrogens (tertiary/aromatic N) is 2. The van der Waals surface area contributed by atoms with E-state index in [0.717, 1.165) is 42.9 Å². The van der Waals surface area contributed by atoms with Crippen LogP contribution in [0.1, 0.15) is 38.3 Å². The molecule has 1 aromatic heterocycles. The van der Waals surface area contributed by atoms with Crippen molar-refractivity contribution >= 4 is 11.5 Å². The molecule has 0 saturated carbocycles. The molecule has 0 bridgehead atoms. The third kappa shape index (κ3) is 2.62. The highest BCUT2D eigenvalue weighted by atomic mass is 15.3. The second-order valence-electron chi connectivity index (χ2n) is 4.71. The van der Waals surface area contributed by atoms with E-state index in [0.29, 0.717) is 6.04 Å². The van der Waals surface area contributed by atoms with Crippen molar-refractivity contribution in [2.24, 2.45) is 7.05 Å². The van der Waals surface area contributed by atoms with Crippen LogP contribution in [0.3, 0.4) is 0 Å². The van der Waals surface area contributed by atoms with Gasteiger partial charge in [-0.3, -0.25) is 4.68 Å². The molecule has 1 atom stereocenters. The summed E-state index contributed by atoms with van der Waals surface area (Å²) < 4.78 is 1.87. The number of aryl methyl sites for hydroxylation is 2. The summed E-state index contributed by atoms with van der Waals surface area (Å²) in [7, 11) is 1.95. The summed E-state index contributed by atoms with van der Waals surface area (Å²) in [5, 5.41) is 8.00. The molecule has 0 aliphatic heterocycles. The van der Waals surface area contributed by atoms with Crippen molar-refractivity contribution in [1.82, 2.24) is 9.78 Å². The fourth-order valence-electron chi connectivity index (χ4n) is 2.31. The van der Waals surface area contributed by atoms with Crippen LogP contribution in [-0.4, -0.2) is 15.8 Å². The van der Waals surface area contributed by atoms with Crippen LogP contribution in [0.25, 0.3) is 0 Å². The van der Waals surface area contributed by atoms with Crippen molar-refractivity contribution in [2.75, 3.05) is 11.1 Å². The Kier molecular flexibility index (Phi) is 3.71. The molecule has 4 nitrogen and oxygen atoms in total. The SMILES string of the molecule is CCCc1nn(C)c(NC2CC=CCC2)c1N. The van der Waals surface area contributed by atoms with Crippen molar-refractivity contribution in [3.63, 3.8) is 0 Å². The molecule has 17 heavy (non-hydrogen) atoms. The number of hydrogen-bond donors (Lipinski definition) is 2. The summed E-state index contributed by atoms with van der Waals surface area (Å²) in [6, 6.07) is 0.493. The van der Waals surface area contributed by atoms with Crippen molar-refractivity contribution in [3.8, 4) is 0 Å². The van der Waals surface area contributed by atoms with Crippen molar-refractivity contribution < 1.29 is 0 Å². The van der Waals surface area contributed by atoms with Crippen LogP contribution >= 0.6 is 0 Å². The molecule has 0 amide bonds. The zero-order valence-corrected chi connectivity index (χ0v) is 10.7. The van der Waals surface area contributed by atoms with Crippen molar-refractivity contribution in [2.45, 2.75) is 45.1 Å². The van der Waals surface area contributed by atoms with E-state index in [2.05, 4.69) is 29.5 Å². The Bertz CT molecular complexity index is 406. The summed E-state index contributed by atoms with van der Waals surface area (Å²) >= 11 is 0. The fourth-order valence-corrected chi connectivity index (χ4v) is 2.31. The van der Waals surface area contributed by atoms with Gasteiger partial charge in [-0.1, -0.05) is 25.5 Å². The van der Waals surface area contributed by atoms with E-state index in [1.54, 1.807) is 0 Å². The molecule has 0 radical (unpaired) electrons. The van der Waals surface area contributed by atoms with E-state index >= 15 is 0 Å². The predicted molar refractivity (Wildman–Crippen MR) is 72.0 cm³/mol. The number of anilines is 2. The lowest BCUT2D eigenvalue weighted by Gasteiger charge is -2.20. The van der Waals surface area contributed by atoms with Gasteiger partial charge >= 0.3 is 0 Å². The lowest BCUT2D eigenvalue weighted by molar-refractivity contribution is 0.630. The first kappa shape index (κ1) is 12.0. The molecule has 1 aliphatic carbocycles. The van der Waals surface area contributed by atoms with E-state index in [1.807, 2.05) is 11.7 Å². The topological polar surface area (TPSA) is 55.9 Å². The van der Waals surface area contributed by atoms with Crippen LogP contribution < -0.4 is 11.1 Å². The Hall–Kier alpha value is -1.45. The van der Waals surface area contributed by atoms with Gasteiger partial charge in [-0.05, 0) is 25.7 Å². The number of nitrogen functional groups attached to an aromatic ring is 1. The molecule has 94 valence electrons. The molecule has 1 aromatic rings. The summed E-state index contributed by atoms with van der Waals surface area (Å²) in [5.74, 6) is 0.980. The molecule has 0 aromatic carbocycles. The predicted octanol–water partition coefficient (Wildman–Crippen LogP) is 2.48. The summed E-state index contributed by atoms with van der Waals surface area (Å²) in [5.41, 5.74) is 7.98. The largest absolute Gasteiger partial charge is 0.394 e. The fraction of sp³-hybridized carbons (Fsp3) is 0.615. The standard InChI is InChI=1S/C13H22N4/c1-3-7-11-12(14)13(17(2)16-11)15-10-8-5-4-6-9-10/h4-5,10,15H,3,6-9,14H2,1-2H3. The molecule has 2 rings (SSSR count). The van der Waals surface area contributed by atoms with Gasteiger partial charge in [-0.25, -0.2) is 0 Å². The normalized spacial score (nSPS) is 19.5. The first-order valence-electron chi connectivity index (χ1n) is 6.45. The molecule has 1 aliphatic rings.